The summed E-state index contributed by atoms with van der Waals surface area (Å²) in [5.41, 5.74) is 2.98. The first kappa shape index (κ1) is 17.7. The van der Waals surface area contributed by atoms with Gasteiger partial charge in [-0.25, -0.2) is 13.4 Å². The van der Waals surface area contributed by atoms with Crippen LogP contribution in [0.3, 0.4) is 0 Å². The number of sulfonamides is 1. The molecule has 3 aromatic rings. The minimum Gasteiger partial charge on any atom is -0.308 e. The van der Waals surface area contributed by atoms with Crippen molar-refractivity contribution in [2.75, 3.05) is 16.2 Å². The summed E-state index contributed by atoms with van der Waals surface area (Å²) in [6, 6.07) is 13.9. The van der Waals surface area contributed by atoms with E-state index in [9.17, 15) is 13.2 Å². The summed E-state index contributed by atoms with van der Waals surface area (Å²) in [7, 11) is -3.72. The maximum atomic E-state index is 12.7. The number of nitrogens with one attached hydrogen (secondary N) is 1. The number of aromatic nitrogens is 1. The van der Waals surface area contributed by atoms with E-state index in [1.807, 2.05) is 25.1 Å². The highest BCUT2D eigenvalue weighted by molar-refractivity contribution is 7.93. The second kappa shape index (κ2) is 6.79. The molecule has 0 aliphatic carbocycles. The molecule has 1 aliphatic heterocycles. The summed E-state index contributed by atoms with van der Waals surface area (Å²) in [5, 5.41) is 2.13. The molecular formula is C19H17N3O3S2. The number of nitrogens with zero attached hydrogens (tertiary/aromatic N) is 2. The lowest BCUT2D eigenvalue weighted by Crippen LogP contribution is -2.28. The summed E-state index contributed by atoms with van der Waals surface area (Å²) in [4.78, 5) is 18.7. The van der Waals surface area contributed by atoms with Gasteiger partial charge in [-0.2, -0.15) is 0 Å². The van der Waals surface area contributed by atoms with Crippen LogP contribution in [-0.4, -0.2) is 25.9 Å². The van der Waals surface area contributed by atoms with Gasteiger partial charge >= 0.3 is 0 Å². The van der Waals surface area contributed by atoms with Gasteiger partial charge in [-0.15, -0.1) is 11.3 Å². The summed E-state index contributed by atoms with van der Waals surface area (Å²) >= 11 is 1.24. The first-order valence-electron chi connectivity index (χ1n) is 8.39. The molecule has 0 atom stereocenters. The molecule has 0 fully saturated rings. The largest absolute Gasteiger partial charge is 0.308 e. The van der Waals surface area contributed by atoms with Crippen molar-refractivity contribution in [2.45, 2.75) is 18.2 Å². The number of carbonyl (C=O) groups is 1. The van der Waals surface area contributed by atoms with Crippen LogP contribution in [0.25, 0.3) is 0 Å². The van der Waals surface area contributed by atoms with E-state index in [0.29, 0.717) is 23.7 Å². The van der Waals surface area contributed by atoms with Crippen LogP contribution in [0.5, 0.6) is 0 Å². The Morgan fingerprint density at radius 1 is 1.19 bits per heavy atom. The smallest absolute Gasteiger partial charge is 0.263 e. The Bertz CT molecular complexity index is 1110. The predicted molar refractivity (Wildman–Crippen MR) is 106 cm³/mol. The van der Waals surface area contributed by atoms with Gasteiger partial charge in [-0.1, -0.05) is 18.2 Å². The Balaban J connectivity index is 1.60. The molecule has 1 amide bonds. The molecule has 138 valence electrons. The number of anilines is 2. The number of aryl methyl sites for hydroxylation is 1. The van der Waals surface area contributed by atoms with Gasteiger partial charge in [0.1, 0.15) is 0 Å². The number of benzene rings is 2. The zero-order valence-corrected chi connectivity index (χ0v) is 16.2. The van der Waals surface area contributed by atoms with E-state index < -0.39 is 10.0 Å². The molecule has 0 bridgehead atoms. The van der Waals surface area contributed by atoms with E-state index in [1.54, 1.807) is 34.5 Å². The molecule has 4 rings (SSSR count). The van der Waals surface area contributed by atoms with Gasteiger partial charge in [0.2, 0.25) is 0 Å². The van der Waals surface area contributed by atoms with Gasteiger partial charge in [0.05, 0.1) is 10.6 Å². The molecule has 27 heavy (non-hydrogen) atoms. The van der Waals surface area contributed by atoms with E-state index in [-0.39, 0.29) is 10.8 Å². The predicted octanol–water partition coefficient (Wildman–Crippen LogP) is 3.46. The average Bonchev–Trinajstić information content (AvgIpc) is 3.27. The molecule has 1 aliphatic rings. The van der Waals surface area contributed by atoms with Gasteiger partial charge in [0.25, 0.3) is 15.9 Å². The molecule has 0 spiro atoms. The number of fused-ring (bicyclic) bond motifs is 1. The van der Waals surface area contributed by atoms with Crippen LogP contribution in [-0.2, 0) is 16.4 Å². The fourth-order valence-corrected chi connectivity index (χ4v) is 5.06. The van der Waals surface area contributed by atoms with Gasteiger partial charge in [-0.05, 0) is 49.2 Å². The minimum atomic E-state index is -3.72. The Morgan fingerprint density at radius 3 is 2.67 bits per heavy atom. The lowest BCUT2D eigenvalue weighted by atomic mass is 10.1. The lowest BCUT2D eigenvalue weighted by molar-refractivity contribution is 0.0989. The molecule has 0 radical (unpaired) electrons. The molecule has 0 unspecified atom stereocenters. The highest BCUT2D eigenvalue weighted by Gasteiger charge is 2.27. The first-order chi connectivity index (χ1) is 12.9. The summed E-state index contributed by atoms with van der Waals surface area (Å²) in [6.07, 6.45) is 0.619. The van der Waals surface area contributed by atoms with E-state index in [2.05, 4.69) is 9.71 Å². The molecule has 8 heteroatoms. The SMILES string of the molecule is Cc1csc(NS(=O)(=O)c2ccc3c(c2)CCN3C(=O)c2ccccc2)n1. The normalized spacial score (nSPS) is 13.4. The van der Waals surface area contributed by atoms with E-state index in [0.717, 1.165) is 16.9 Å². The molecule has 2 aromatic carbocycles. The van der Waals surface area contributed by atoms with Crippen molar-refractivity contribution >= 4 is 38.1 Å². The summed E-state index contributed by atoms with van der Waals surface area (Å²) in [5.74, 6) is -0.0821. The van der Waals surface area contributed by atoms with Crippen molar-refractivity contribution in [3.63, 3.8) is 0 Å². The van der Waals surface area contributed by atoms with Crippen LogP contribution in [0, 0.1) is 6.92 Å². The molecular weight excluding hydrogens is 382 g/mol. The second-order valence-electron chi connectivity index (χ2n) is 6.26. The van der Waals surface area contributed by atoms with Crippen molar-refractivity contribution in [3.8, 4) is 0 Å². The molecule has 6 nitrogen and oxygen atoms in total. The van der Waals surface area contributed by atoms with Crippen molar-refractivity contribution in [1.29, 1.82) is 0 Å². The molecule has 1 N–H and O–H groups in total. The maximum absolute atomic E-state index is 12.7. The van der Waals surface area contributed by atoms with Crippen molar-refractivity contribution in [2.24, 2.45) is 0 Å². The third kappa shape index (κ3) is 3.45. The topological polar surface area (TPSA) is 79.4 Å². The van der Waals surface area contributed by atoms with Crippen LogP contribution < -0.4 is 9.62 Å². The zero-order chi connectivity index (χ0) is 19.0. The van der Waals surface area contributed by atoms with Gasteiger partial charge in [-0.3, -0.25) is 9.52 Å². The lowest BCUT2D eigenvalue weighted by Gasteiger charge is -2.17. The molecule has 0 saturated heterocycles. The first-order valence-corrected chi connectivity index (χ1v) is 10.7. The van der Waals surface area contributed by atoms with Crippen LogP contribution in [0.15, 0.2) is 58.8 Å². The van der Waals surface area contributed by atoms with Crippen molar-refractivity contribution in [1.82, 2.24) is 4.98 Å². The van der Waals surface area contributed by atoms with Crippen LogP contribution in [0.1, 0.15) is 21.6 Å². The maximum Gasteiger partial charge on any atom is 0.263 e. The number of hydrogen-bond acceptors (Lipinski definition) is 5. The van der Waals surface area contributed by atoms with Gasteiger partial charge in [0.15, 0.2) is 5.13 Å². The summed E-state index contributed by atoms with van der Waals surface area (Å²) in [6.45, 7) is 2.34. The van der Waals surface area contributed by atoms with Crippen molar-refractivity contribution < 1.29 is 13.2 Å². The Hall–Kier alpha value is -2.71. The van der Waals surface area contributed by atoms with E-state index in [1.165, 1.54) is 17.4 Å². The third-order valence-electron chi connectivity index (χ3n) is 4.36. The molecule has 1 aromatic heterocycles. The van der Waals surface area contributed by atoms with Crippen LogP contribution in [0.2, 0.25) is 0 Å². The fraction of sp³-hybridized carbons (Fsp3) is 0.158. The Morgan fingerprint density at radius 2 is 1.96 bits per heavy atom. The number of amides is 1. The quantitative estimate of drug-likeness (QED) is 0.729. The standard InChI is InChI=1S/C19H17N3O3S2/c1-13-12-26-19(20-13)21-27(24,25)16-7-8-17-15(11-16)9-10-22(17)18(23)14-5-3-2-4-6-14/h2-8,11-12H,9-10H2,1H3,(H,20,21). The van der Waals surface area contributed by atoms with E-state index >= 15 is 0 Å². The molecule has 2 heterocycles. The highest BCUT2D eigenvalue weighted by Crippen LogP contribution is 2.32. The van der Waals surface area contributed by atoms with Gasteiger partial charge in [0, 0.05) is 23.2 Å². The zero-order valence-electron chi connectivity index (χ0n) is 14.5. The molecule has 0 saturated carbocycles. The number of thiazole rings is 1. The van der Waals surface area contributed by atoms with Crippen molar-refractivity contribution in [3.05, 3.63) is 70.7 Å². The second-order valence-corrected chi connectivity index (χ2v) is 8.80. The Kier molecular flexibility index (Phi) is 4.45. The van der Waals surface area contributed by atoms with Gasteiger partial charge < -0.3 is 4.90 Å². The minimum absolute atomic E-state index is 0.0821. The summed E-state index contributed by atoms with van der Waals surface area (Å²) < 4.78 is 27.8. The highest BCUT2D eigenvalue weighted by atomic mass is 32.2. The number of hydrogen-bond donors (Lipinski definition) is 1. The average molecular weight is 399 g/mol. The van der Waals surface area contributed by atoms with Crippen LogP contribution in [0.4, 0.5) is 10.8 Å². The fourth-order valence-electron chi connectivity index (χ4n) is 3.07. The number of carbonyl (C=O) groups excluding carboxylic acids is 1. The number of rotatable bonds is 4. The third-order valence-corrected chi connectivity index (χ3v) is 6.70. The van der Waals surface area contributed by atoms with E-state index in [4.69, 9.17) is 0 Å². The monoisotopic (exact) mass is 399 g/mol. The van der Waals surface area contributed by atoms with Crippen LogP contribution >= 0.6 is 11.3 Å². The Labute approximate surface area is 161 Å².